The van der Waals surface area contributed by atoms with Crippen molar-refractivity contribution < 1.29 is 14.3 Å². The maximum absolute atomic E-state index is 11.9. The highest BCUT2D eigenvalue weighted by atomic mass is 35.5. The third-order valence-electron chi connectivity index (χ3n) is 3.88. The Balaban J connectivity index is 1.41. The van der Waals surface area contributed by atoms with Crippen molar-refractivity contribution in [3.05, 3.63) is 77.3 Å². The van der Waals surface area contributed by atoms with E-state index in [1.807, 2.05) is 60.7 Å². The van der Waals surface area contributed by atoms with Crippen LogP contribution in [0.4, 0.5) is 0 Å². The molecule has 4 nitrogen and oxygen atoms in total. The summed E-state index contributed by atoms with van der Waals surface area (Å²) in [5.74, 6) is -0.643. The molecule has 138 valence electrons. The van der Waals surface area contributed by atoms with Gasteiger partial charge < -0.3 is 10.1 Å². The minimum atomic E-state index is -0.430. The lowest BCUT2D eigenvalue weighted by Gasteiger charge is -2.08. The van der Waals surface area contributed by atoms with Crippen molar-refractivity contribution in [2.75, 3.05) is 12.4 Å². The molecule has 0 aromatic heterocycles. The lowest BCUT2D eigenvalue weighted by Crippen LogP contribution is -2.28. The van der Waals surface area contributed by atoms with E-state index < -0.39 is 5.97 Å². The Bertz CT molecular complexity index is 961. The lowest BCUT2D eigenvalue weighted by atomic mass is 10.1. The van der Waals surface area contributed by atoms with Crippen LogP contribution in [0.2, 0.25) is 5.02 Å². The fraction of sp³-hybridized carbons (Fsp3) is 0.143. The maximum atomic E-state index is 11.9. The average Bonchev–Trinajstić information content (AvgIpc) is 2.70. The number of thioether (sulfide) groups is 1. The highest BCUT2D eigenvalue weighted by Crippen LogP contribution is 2.23. The van der Waals surface area contributed by atoms with Gasteiger partial charge in [-0.2, -0.15) is 0 Å². The Kier molecular flexibility index (Phi) is 6.74. The molecule has 0 aliphatic rings. The Labute approximate surface area is 166 Å². The topological polar surface area (TPSA) is 55.4 Å². The second-order valence-electron chi connectivity index (χ2n) is 5.83. The molecule has 0 atom stereocenters. The van der Waals surface area contributed by atoms with E-state index in [0.717, 1.165) is 21.2 Å². The third-order valence-corrected chi connectivity index (χ3v) is 5.21. The monoisotopic (exact) mass is 399 g/mol. The molecule has 1 N–H and O–H groups in total. The quantitative estimate of drug-likeness (QED) is 0.471. The number of carbonyl (C=O) groups is 2. The standard InChI is InChI=1S/C21H18ClNO3S/c22-19-8-4-3-7-17(19)12-23-20(24)13-26-21(25)14-27-18-10-9-15-5-1-2-6-16(15)11-18/h1-11H,12-14H2,(H,23,24). The summed E-state index contributed by atoms with van der Waals surface area (Å²) in [4.78, 5) is 24.7. The highest BCUT2D eigenvalue weighted by Gasteiger charge is 2.09. The highest BCUT2D eigenvalue weighted by molar-refractivity contribution is 8.00. The molecule has 0 unspecified atom stereocenters. The first-order valence-electron chi connectivity index (χ1n) is 8.39. The average molecular weight is 400 g/mol. The van der Waals surface area contributed by atoms with Crippen molar-refractivity contribution in [1.29, 1.82) is 0 Å². The molecule has 0 aliphatic heterocycles. The van der Waals surface area contributed by atoms with Crippen LogP contribution in [-0.4, -0.2) is 24.2 Å². The van der Waals surface area contributed by atoms with Crippen molar-refractivity contribution in [1.82, 2.24) is 5.32 Å². The van der Waals surface area contributed by atoms with Gasteiger partial charge in [-0.1, -0.05) is 60.1 Å². The normalized spacial score (nSPS) is 10.6. The van der Waals surface area contributed by atoms with Gasteiger partial charge in [0.25, 0.3) is 5.91 Å². The molecule has 27 heavy (non-hydrogen) atoms. The second-order valence-corrected chi connectivity index (χ2v) is 7.28. The summed E-state index contributed by atoms with van der Waals surface area (Å²) in [6, 6.07) is 21.3. The number of halogens is 1. The lowest BCUT2D eigenvalue weighted by molar-refractivity contribution is -0.145. The summed E-state index contributed by atoms with van der Waals surface area (Å²) in [6.45, 7) is -0.0105. The van der Waals surface area contributed by atoms with Gasteiger partial charge in [-0.05, 0) is 34.5 Å². The molecular weight excluding hydrogens is 382 g/mol. The zero-order chi connectivity index (χ0) is 19.1. The molecule has 3 rings (SSSR count). The summed E-state index contributed by atoms with van der Waals surface area (Å²) in [6.07, 6.45) is 0. The molecule has 6 heteroatoms. The van der Waals surface area contributed by atoms with Crippen molar-refractivity contribution in [3.63, 3.8) is 0 Å². The number of hydrogen-bond donors (Lipinski definition) is 1. The Morgan fingerprint density at radius 3 is 2.52 bits per heavy atom. The minimum Gasteiger partial charge on any atom is -0.455 e. The van der Waals surface area contributed by atoms with Crippen LogP contribution in [0.1, 0.15) is 5.56 Å². The predicted octanol–water partition coefficient (Wildman–Crippen LogP) is 4.44. The second kappa shape index (κ2) is 9.44. The fourth-order valence-corrected chi connectivity index (χ4v) is 3.42. The van der Waals surface area contributed by atoms with Crippen LogP contribution < -0.4 is 5.32 Å². The number of nitrogens with one attached hydrogen (secondary N) is 1. The van der Waals surface area contributed by atoms with Gasteiger partial charge in [0, 0.05) is 16.5 Å². The van der Waals surface area contributed by atoms with Crippen LogP contribution >= 0.6 is 23.4 Å². The summed E-state index contributed by atoms with van der Waals surface area (Å²) >= 11 is 7.42. The number of benzene rings is 3. The van der Waals surface area contributed by atoms with Gasteiger partial charge in [0.1, 0.15) is 0 Å². The van der Waals surface area contributed by atoms with E-state index in [9.17, 15) is 9.59 Å². The van der Waals surface area contributed by atoms with Gasteiger partial charge in [0.15, 0.2) is 6.61 Å². The summed E-state index contributed by atoms with van der Waals surface area (Å²) in [5, 5.41) is 5.54. The first-order valence-corrected chi connectivity index (χ1v) is 9.75. The maximum Gasteiger partial charge on any atom is 0.316 e. The largest absolute Gasteiger partial charge is 0.455 e. The number of rotatable bonds is 7. The van der Waals surface area contributed by atoms with Gasteiger partial charge in [-0.3, -0.25) is 9.59 Å². The van der Waals surface area contributed by atoms with E-state index in [2.05, 4.69) is 5.32 Å². The molecule has 0 saturated carbocycles. The van der Waals surface area contributed by atoms with Crippen molar-refractivity contribution in [3.8, 4) is 0 Å². The van der Waals surface area contributed by atoms with Crippen LogP contribution in [0, 0.1) is 0 Å². The number of amides is 1. The van der Waals surface area contributed by atoms with Gasteiger partial charge in [0.05, 0.1) is 5.75 Å². The van der Waals surface area contributed by atoms with E-state index in [4.69, 9.17) is 16.3 Å². The number of fused-ring (bicyclic) bond motifs is 1. The molecule has 0 radical (unpaired) electrons. The Hall–Kier alpha value is -2.50. The molecule has 0 aliphatic carbocycles. The van der Waals surface area contributed by atoms with Gasteiger partial charge >= 0.3 is 5.97 Å². The third kappa shape index (κ3) is 5.74. The summed E-state index contributed by atoms with van der Waals surface area (Å²) in [7, 11) is 0. The molecular formula is C21H18ClNO3S. The van der Waals surface area contributed by atoms with Crippen LogP contribution in [0.15, 0.2) is 71.6 Å². The van der Waals surface area contributed by atoms with Gasteiger partial charge in [0.2, 0.25) is 0 Å². The number of carbonyl (C=O) groups excluding carboxylic acids is 2. The van der Waals surface area contributed by atoms with Crippen molar-refractivity contribution in [2.24, 2.45) is 0 Å². The molecule has 3 aromatic carbocycles. The van der Waals surface area contributed by atoms with Crippen LogP contribution in [-0.2, 0) is 20.9 Å². The molecule has 0 fully saturated rings. The van der Waals surface area contributed by atoms with E-state index in [1.54, 1.807) is 6.07 Å². The molecule has 0 heterocycles. The van der Waals surface area contributed by atoms with E-state index in [0.29, 0.717) is 11.6 Å². The molecule has 0 bridgehead atoms. The van der Waals surface area contributed by atoms with E-state index in [1.165, 1.54) is 11.8 Å². The fourth-order valence-electron chi connectivity index (χ4n) is 2.47. The number of ether oxygens (including phenoxy) is 1. The van der Waals surface area contributed by atoms with Crippen molar-refractivity contribution >= 4 is 46.0 Å². The molecule has 3 aromatic rings. The zero-order valence-corrected chi connectivity index (χ0v) is 16.1. The smallest absolute Gasteiger partial charge is 0.316 e. The molecule has 1 amide bonds. The van der Waals surface area contributed by atoms with Gasteiger partial charge in [-0.25, -0.2) is 0 Å². The Morgan fingerprint density at radius 1 is 0.963 bits per heavy atom. The minimum absolute atomic E-state index is 0.149. The number of esters is 1. The Morgan fingerprint density at radius 2 is 1.70 bits per heavy atom. The summed E-state index contributed by atoms with van der Waals surface area (Å²) < 4.78 is 5.03. The van der Waals surface area contributed by atoms with Crippen LogP contribution in [0.3, 0.4) is 0 Å². The van der Waals surface area contributed by atoms with Crippen LogP contribution in [0.5, 0.6) is 0 Å². The molecule has 0 saturated heterocycles. The van der Waals surface area contributed by atoms with E-state index in [-0.39, 0.29) is 18.3 Å². The summed E-state index contributed by atoms with van der Waals surface area (Å²) in [5.41, 5.74) is 0.811. The van der Waals surface area contributed by atoms with Gasteiger partial charge in [-0.15, -0.1) is 11.8 Å². The predicted molar refractivity (Wildman–Crippen MR) is 109 cm³/mol. The van der Waals surface area contributed by atoms with Crippen LogP contribution in [0.25, 0.3) is 10.8 Å². The first kappa shape index (κ1) is 19.3. The first-order chi connectivity index (χ1) is 13.1. The van der Waals surface area contributed by atoms with Crippen molar-refractivity contribution in [2.45, 2.75) is 11.4 Å². The molecule has 0 spiro atoms. The number of hydrogen-bond acceptors (Lipinski definition) is 4. The van der Waals surface area contributed by atoms with E-state index >= 15 is 0 Å². The SMILES string of the molecule is O=C(COC(=O)CSc1ccc2ccccc2c1)NCc1ccccc1Cl. The zero-order valence-electron chi connectivity index (χ0n) is 14.5.